The number of nitrogens with one attached hydrogen (secondary N) is 1. The molecule has 0 radical (unpaired) electrons. The summed E-state index contributed by atoms with van der Waals surface area (Å²) in [5.74, 6) is -1.45. The van der Waals surface area contributed by atoms with Gasteiger partial charge < -0.3 is 20.2 Å². The smallest absolute Gasteiger partial charge is 0.337 e. The van der Waals surface area contributed by atoms with Crippen LogP contribution in [0, 0.1) is 0 Å². The Morgan fingerprint density at radius 3 is 2.39 bits per heavy atom. The molecule has 2 aliphatic heterocycles. The van der Waals surface area contributed by atoms with Gasteiger partial charge >= 0.3 is 5.97 Å². The summed E-state index contributed by atoms with van der Waals surface area (Å²) < 4.78 is 0. The van der Waals surface area contributed by atoms with E-state index in [0.717, 1.165) is 31.6 Å². The Labute approximate surface area is 187 Å². The lowest BCUT2D eigenvalue weighted by atomic mass is 9.99. The first kappa shape index (κ1) is 21.7. The van der Waals surface area contributed by atoms with Crippen LogP contribution in [0.25, 0.3) is 0 Å². The maximum Gasteiger partial charge on any atom is 0.337 e. The van der Waals surface area contributed by atoms with Crippen molar-refractivity contribution >= 4 is 34.9 Å². The molecular weight excluding hydrogens is 414 g/mol. The van der Waals surface area contributed by atoms with E-state index in [4.69, 9.17) is 11.6 Å². The van der Waals surface area contributed by atoms with Crippen LogP contribution in [0.1, 0.15) is 52.8 Å². The fourth-order valence-electron chi connectivity index (χ4n) is 4.61. The van der Waals surface area contributed by atoms with Gasteiger partial charge in [-0.15, -0.1) is 0 Å². The molecule has 0 bridgehead atoms. The summed E-state index contributed by atoms with van der Waals surface area (Å²) in [6.07, 6.45) is 6.12. The molecule has 1 amide bonds. The van der Waals surface area contributed by atoms with Crippen molar-refractivity contribution in [3.8, 4) is 0 Å². The van der Waals surface area contributed by atoms with Crippen molar-refractivity contribution in [2.24, 2.45) is 0 Å². The molecular formula is C24H28ClN3O3. The van der Waals surface area contributed by atoms with Crippen LogP contribution in [0.4, 0.5) is 11.4 Å². The Morgan fingerprint density at radius 1 is 0.968 bits per heavy atom. The molecule has 0 aromatic heterocycles. The number of carboxylic acid groups (broad SMARTS) is 1. The Morgan fingerprint density at radius 2 is 1.71 bits per heavy atom. The van der Waals surface area contributed by atoms with Crippen LogP contribution in [-0.4, -0.2) is 54.1 Å². The fraction of sp³-hybridized carbons (Fsp3) is 0.417. The molecule has 2 saturated heterocycles. The van der Waals surface area contributed by atoms with E-state index in [1.54, 1.807) is 36.4 Å². The molecule has 0 aliphatic carbocycles. The van der Waals surface area contributed by atoms with Crippen molar-refractivity contribution in [3.05, 3.63) is 58.6 Å². The first-order valence-corrected chi connectivity index (χ1v) is 11.3. The molecule has 2 aliphatic rings. The standard InChI is InChI=1S/C24H28ClN3O3/c25-18-6-4-5-17(15-18)23(29)26-22-8-7-20(16-21(22)24(30)31)28-13-9-19(10-14-28)27-11-2-1-3-12-27/h4-8,15-16,19H,1-3,9-14H2,(H,26,29)(H,30,31). The molecule has 0 unspecified atom stereocenters. The lowest BCUT2D eigenvalue weighted by Gasteiger charge is -2.41. The zero-order chi connectivity index (χ0) is 21.8. The van der Waals surface area contributed by atoms with Crippen LogP contribution in [-0.2, 0) is 0 Å². The third kappa shape index (κ3) is 5.20. The van der Waals surface area contributed by atoms with E-state index < -0.39 is 5.97 Å². The summed E-state index contributed by atoms with van der Waals surface area (Å²) in [6.45, 7) is 4.23. The quantitative estimate of drug-likeness (QED) is 0.700. The van der Waals surface area contributed by atoms with Crippen molar-refractivity contribution < 1.29 is 14.7 Å². The first-order valence-electron chi connectivity index (χ1n) is 10.9. The number of benzene rings is 2. The van der Waals surface area contributed by atoms with E-state index >= 15 is 0 Å². The average molecular weight is 442 g/mol. The highest BCUT2D eigenvalue weighted by Gasteiger charge is 2.26. The van der Waals surface area contributed by atoms with Crippen LogP contribution in [0.5, 0.6) is 0 Å². The van der Waals surface area contributed by atoms with Gasteiger partial charge in [-0.25, -0.2) is 4.79 Å². The minimum absolute atomic E-state index is 0.0889. The Hall–Kier alpha value is -2.57. The predicted molar refractivity (Wildman–Crippen MR) is 123 cm³/mol. The van der Waals surface area contributed by atoms with Crippen LogP contribution < -0.4 is 10.2 Å². The molecule has 2 N–H and O–H groups in total. The number of carbonyl (C=O) groups excluding carboxylic acids is 1. The molecule has 7 heteroatoms. The molecule has 0 saturated carbocycles. The van der Waals surface area contributed by atoms with Gasteiger partial charge in [-0.3, -0.25) is 4.79 Å². The van der Waals surface area contributed by atoms with Crippen molar-refractivity contribution in [2.75, 3.05) is 36.4 Å². The SMILES string of the molecule is O=C(Nc1ccc(N2CCC(N3CCCCC3)CC2)cc1C(=O)O)c1cccc(Cl)c1. The maximum atomic E-state index is 12.5. The molecule has 2 fully saturated rings. The molecule has 2 aromatic carbocycles. The molecule has 0 atom stereocenters. The number of amides is 1. The third-order valence-electron chi connectivity index (χ3n) is 6.31. The van der Waals surface area contributed by atoms with Gasteiger partial charge in [-0.1, -0.05) is 24.1 Å². The topological polar surface area (TPSA) is 72.9 Å². The number of hydrogen-bond donors (Lipinski definition) is 2. The van der Waals surface area contributed by atoms with Gasteiger partial charge in [0, 0.05) is 35.4 Å². The Kier molecular flexibility index (Phi) is 6.78. The van der Waals surface area contributed by atoms with Crippen LogP contribution in [0.3, 0.4) is 0 Å². The highest BCUT2D eigenvalue weighted by atomic mass is 35.5. The number of piperidine rings is 2. The van der Waals surface area contributed by atoms with E-state index in [-0.39, 0.29) is 17.2 Å². The van der Waals surface area contributed by atoms with Crippen molar-refractivity contribution in [1.82, 2.24) is 4.90 Å². The monoisotopic (exact) mass is 441 g/mol. The fourth-order valence-corrected chi connectivity index (χ4v) is 4.80. The highest BCUT2D eigenvalue weighted by molar-refractivity contribution is 6.31. The van der Waals surface area contributed by atoms with E-state index in [0.29, 0.717) is 16.6 Å². The second-order valence-electron chi connectivity index (χ2n) is 8.31. The second-order valence-corrected chi connectivity index (χ2v) is 8.75. The number of carbonyl (C=O) groups is 2. The van der Waals surface area contributed by atoms with Gasteiger partial charge in [-0.05, 0) is 75.2 Å². The van der Waals surface area contributed by atoms with E-state index in [9.17, 15) is 14.7 Å². The van der Waals surface area contributed by atoms with Gasteiger partial charge in [0.25, 0.3) is 5.91 Å². The number of nitrogens with zero attached hydrogens (tertiary/aromatic N) is 2. The third-order valence-corrected chi connectivity index (χ3v) is 6.54. The summed E-state index contributed by atoms with van der Waals surface area (Å²) in [5.41, 5.74) is 1.64. The van der Waals surface area contributed by atoms with Crippen molar-refractivity contribution in [1.29, 1.82) is 0 Å². The number of aromatic carboxylic acids is 1. The minimum Gasteiger partial charge on any atom is -0.478 e. The lowest BCUT2D eigenvalue weighted by Crippen LogP contribution is -2.46. The van der Waals surface area contributed by atoms with Gasteiger partial charge in [0.15, 0.2) is 0 Å². The predicted octanol–water partition coefficient (Wildman–Crippen LogP) is 4.75. The van der Waals surface area contributed by atoms with E-state index in [1.807, 2.05) is 6.07 Å². The molecule has 2 heterocycles. The summed E-state index contributed by atoms with van der Waals surface area (Å²) in [7, 11) is 0. The Bertz CT molecular complexity index is 951. The maximum absolute atomic E-state index is 12.5. The van der Waals surface area contributed by atoms with Gasteiger partial charge in [0.2, 0.25) is 0 Å². The first-order chi connectivity index (χ1) is 15.0. The Balaban J connectivity index is 1.45. The van der Waals surface area contributed by atoms with Crippen molar-refractivity contribution in [2.45, 2.75) is 38.1 Å². The number of likely N-dealkylation sites (tertiary alicyclic amines) is 1. The lowest BCUT2D eigenvalue weighted by molar-refractivity contribution is 0.0698. The molecule has 4 rings (SSSR count). The normalized spacial score (nSPS) is 18.0. The number of hydrogen-bond acceptors (Lipinski definition) is 4. The van der Waals surface area contributed by atoms with Crippen LogP contribution >= 0.6 is 11.6 Å². The molecule has 6 nitrogen and oxygen atoms in total. The minimum atomic E-state index is -1.06. The van der Waals surface area contributed by atoms with Crippen LogP contribution in [0.2, 0.25) is 5.02 Å². The summed E-state index contributed by atoms with van der Waals surface area (Å²) >= 11 is 5.96. The summed E-state index contributed by atoms with van der Waals surface area (Å²) in [5, 5.41) is 12.9. The van der Waals surface area contributed by atoms with E-state index in [1.165, 1.54) is 32.4 Å². The zero-order valence-electron chi connectivity index (χ0n) is 17.5. The van der Waals surface area contributed by atoms with Gasteiger partial charge in [0.1, 0.15) is 0 Å². The number of anilines is 2. The van der Waals surface area contributed by atoms with Gasteiger partial charge in [0.05, 0.1) is 11.3 Å². The zero-order valence-corrected chi connectivity index (χ0v) is 18.3. The van der Waals surface area contributed by atoms with Gasteiger partial charge in [-0.2, -0.15) is 0 Å². The molecule has 0 spiro atoms. The van der Waals surface area contributed by atoms with E-state index in [2.05, 4.69) is 15.1 Å². The molecule has 164 valence electrons. The average Bonchev–Trinajstić information content (AvgIpc) is 2.80. The van der Waals surface area contributed by atoms with Crippen LogP contribution in [0.15, 0.2) is 42.5 Å². The van der Waals surface area contributed by atoms with Crippen molar-refractivity contribution in [3.63, 3.8) is 0 Å². The number of rotatable bonds is 5. The second kappa shape index (κ2) is 9.71. The largest absolute Gasteiger partial charge is 0.478 e. The summed E-state index contributed by atoms with van der Waals surface area (Å²) in [4.78, 5) is 29.3. The number of halogens is 1. The molecule has 31 heavy (non-hydrogen) atoms. The summed E-state index contributed by atoms with van der Waals surface area (Å²) in [6, 6.07) is 12.4. The number of carboxylic acids is 1. The molecule has 2 aromatic rings. The highest BCUT2D eigenvalue weighted by Crippen LogP contribution is 2.28.